The Hall–Kier alpha value is -6.42. The average molecular weight is 915 g/mol. The molecule has 0 spiro atoms. The Morgan fingerprint density at radius 2 is 1.26 bits per heavy atom. The molecule has 2 aromatic heterocycles. The highest BCUT2D eigenvalue weighted by atomic mass is 28.3. The second-order valence-electron chi connectivity index (χ2n) is 22.0. The summed E-state index contributed by atoms with van der Waals surface area (Å²) >= 11 is 0. The maximum Gasteiger partial charge on any atom is 0.218 e. The van der Waals surface area contributed by atoms with E-state index in [4.69, 9.17) is 6.58 Å². The summed E-state index contributed by atoms with van der Waals surface area (Å²) in [6.07, 6.45) is 15.5. The van der Waals surface area contributed by atoms with E-state index in [1.165, 1.54) is 116 Å². The summed E-state index contributed by atoms with van der Waals surface area (Å²) in [4.78, 5) is 0. The van der Waals surface area contributed by atoms with Crippen LogP contribution < -0.4 is 14.3 Å². The molecule has 342 valence electrons. The van der Waals surface area contributed by atoms with Crippen molar-refractivity contribution in [3.05, 3.63) is 228 Å². The van der Waals surface area contributed by atoms with Crippen LogP contribution in [-0.2, 0) is 24.7 Å². The van der Waals surface area contributed by atoms with E-state index in [2.05, 4.69) is 218 Å². The van der Waals surface area contributed by atoms with Gasteiger partial charge in [0.2, 0.25) is 11.4 Å². The number of fused-ring (bicyclic) bond motifs is 11. The zero-order valence-corrected chi connectivity index (χ0v) is 42.1. The molecule has 0 radical (unpaired) electrons. The molecule has 6 aromatic carbocycles. The SMILES string of the molecule is C=C1CC(CC)[n+]2ccc(-c3ccccc3)cc2-c2cc3c(cc2CCc2ccccc2-c2cc(CC4CC5CCC4C5)c([Si](C)(C)C)c[n+]21)C(c1ccccc1)(c1ccccc1)c1ccccc1-3. The molecule has 4 aliphatic rings. The predicted octanol–water partition coefficient (Wildman–Crippen LogP) is 14.8. The summed E-state index contributed by atoms with van der Waals surface area (Å²) in [5.74, 6) is 2.64. The molecule has 0 amide bonds. The van der Waals surface area contributed by atoms with Gasteiger partial charge in [0.15, 0.2) is 24.1 Å². The summed E-state index contributed by atoms with van der Waals surface area (Å²) in [6.45, 7) is 15.1. The third-order valence-electron chi connectivity index (χ3n) is 17.0. The summed E-state index contributed by atoms with van der Waals surface area (Å²) < 4.78 is 5.18. The van der Waals surface area contributed by atoms with Gasteiger partial charge in [0.05, 0.1) is 19.9 Å². The first-order chi connectivity index (χ1) is 33.7. The molecule has 2 bridgehead atoms. The van der Waals surface area contributed by atoms with Crippen LogP contribution in [0.25, 0.3) is 50.5 Å². The Bertz CT molecular complexity index is 3200. The molecule has 0 saturated heterocycles. The van der Waals surface area contributed by atoms with Crippen LogP contribution >= 0.6 is 0 Å². The van der Waals surface area contributed by atoms with Crippen molar-refractivity contribution >= 4 is 19.0 Å². The first-order valence-electron chi connectivity index (χ1n) is 26.0. The maximum atomic E-state index is 5.06. The van der Waals surface area contributed by atoms with Crippen LogP contribution in [0.5, 0.6) is 0 Å². The average Bonchev–Trinajstić information content (AvgIpc) is 4.09. The van der Waals surface area contributed by atoms with Crippen LogP contribution in [0, 0.1) is 17.8 Å². The van der Waals surface area contributed by atoms with Crippen LogP contribution in [0.15, 0.2) is 189 Å². The highest BCUT2D eigenvalue weighted by Crippen LogP contribution is 2.57. The third kappa shape index (κ3) is 7.51. The minimum absolute atomic E-state index is 0.179. The number of aryl methyl sites for hydroxylation is 2. The van der Waals surface area contributed by atoms with E-state index >= 15 is 0 Å². The Morgan fingerprint density at radius 1 is 0.594 bits per heavy atom. The number of hydrogen-bond acceptors (Lipinski definition) is 0. The van der Waals surface area contributed by atoms with Crippen molar-refractivity contribution in [3.8, 4) is 44.8 Å². The lowest BCUT2D eigenvalue weighted by Crippen LogP contribution is -2.49. The van der Waals surface area contributed by atoms with Crippen molar-refractivity contribution < 1.29 is 9.13 Å². The lowest BCUT2D eigenvalue weighted by molar-refractivity contribution is -0.715. The topological polar surface area (TPSA) is 7.76 Å². The molecule has 12 rings (SSSR count). The molecule has 3 heteroatoms. The standard InChI is InChI=1S/C66H66N2Si/c1-6-56-36-45(2)68-44-65(69(3,4)5)53(39-52-38-46-30-31-49(52)37-46)42-63(68)57-27-17-16-22-48(57)32-33-51-40-62-60(43-59(51)64-41-50(34-35-67(56)64)47-20-10-7-11-21-47)58-28-18-19-29-61(58)66(62,54-23-12-8-13-24-54)55-25-14-9-15-26-55/h7-29,34-35,40-44,46,49,52,56H,2,6,30-33,36-39H2,1,3-5H3/q+2. The van der Waals surface area contributed by atoms with E-state index in [0.717, 1.165) is 43.4 Å². The molecular weight excluding hydrogens is 849 g/mol. The van der Waals surface area contributed by atoms with Gasteiger partial charge in [-0.3, -0.25) is 0 Å². The fraction of sp³-hybridized carbons (Fsp3) is 0.273. The highest BCUT2D eigenvalue weighted by Gasteiger charge is 2.47. The molecule has 4 unspecified atom stereocenters. The monoisotopic (exact) mass is 914 g/mol. The van der Waals surface area contributed by atoms with Crippen LogP contribution in [0.1, 0.15) is 90.4 Å². The van der Waals surface area contributed by atoms with Crippen molar-refractivity contribution in [1.29, 1.82) is 0 Å². The second-order valence-corrected chi connectivity index (χ2v) is 27.0. The van der Waals surface area contributed by atoms with Crippen LogP contribution in [0.3, 0.4) is 0 Å². The summed E-state index contributed by atoms with van der Waals surface area (Å²) in [5, 5.41) is 1.60. The Kier molecular flexibility index (Phi) is 11.1. The Morgan fingerprint density at radius 3 is 1.94 bits per heavy atom. The molecule has 2 nitrogen and oxygen atoms in total. The largest absolute Gasteiger partial charge is 0.218 e. The number of hydrogen-bond donors (Lipinski definition) is 0. The van der Waals surface area contributed by atoms with E-state index in [1.807, 2.05) is 0 Å². The number of rotatable bonds is 7. The zero-order chi connectivity index (χ0) is 46.9. The van der Waals surface area contributed by atoms with Gasteiger partial charge in [0, 0.05) is 40.9 Å². The number of pyridine rings is 2. The van der Waals surface area contributed by atoms with Gasteiger partial charge in [-0.05, 0) is 136 Å². The number of allylic oxidation sites excluding steroid dienone is 1. The van der Waals surface area contributed by atoms with Crippen LogP contribution in [0.2, 0.25) is 19.6 Å². The van der Waals surface area contributed by atoms with E-state index in [9.17, 15) is 0 Å². The normalized spacial score (nSPS) is 20.0. The van der Waals surface area contributed by atoms with Crippen molar-refractivity contribution in [2.24, 2.45) is 17.8 Å². The first-order valence-corrected chi connectivity index (χ1v) is 29.5. The van der Waals surface area contributed by atoms with Crippen molar-refractivity contribution in [2.75, 3.05) is 0 Å². The predicted molar refractivity (Wildman–Crippen MR) is 289 cm³/mol. The summed E-state index contributed by atoms with van der Waals surface area (Å²) in [7, 11) is -1.76. The number of benzene rings is 6. The van der Waals surface area contributed by atoms with Gasteiger partial charge in [0.25, 0.3) is 0 Å². The van der Waals surface area contributed by atoms with Gasteiger partial charge in [-0.1, -0.05) is 173 Å². The van der Waals surface area contributed by atoms with E-state index in [-0.39, 0.29) is 6.04 Å². The molecule has 2 fully saturated rings. The van der Waals surface area contributed by atoms with E-state index in [1.54, 1.807) is 10.8 Å². The molecule has 69 heavy (non-hydrogen) atoms. The molecule has 4 atom stereocenters. The van der Waals surface area contributed by atoms with Gasteiger partial charge in [-0.15, -0.1) is 0 Å². The fourth-order valence-electron chi connectivity index (χ4n) is 13.7. The molecule has 1 aliphatic heterocycles. The molecule has 0 N–H and O–H groups in total. The van der Waals surface area contributed by atoms with Crippen molar-refractivity contribution in [2.45, 2.75) is 95.8 Å². The van der Waals surface area contributed by atoms with Crippen molar-refractivity contribution in [3.63, 3.8) is 0 Å². The maximum absolute atomic E-state index is 5.06. The smallest absolute Gasteiger partial charge is 0.195 e. The minimum Gasteiger partial charge on any atom is -0.195 e. The Balaban J connectivity index is 1.11. The number of nitrogens with zero attached hydrogens (tertiary/aromatic N) is 2. The van der Waals surface area contributed by atoms with E-state index < -0.39 is 13.5 Å². The number of aromatic nitrogens is 2. The molecule has 3 aliphatic carbocycles. The molecule has 2 saturated carbocycles. The molecular formula is C66H66N2Si+2. The van der Waals surface area contributed by atoms with Gasteiger partial charge < -0.3 is 0 Å². The van der Waals surface area contributed by atoms with Gasteiger partial charge >= 0.3 is 0 Å². The third-order valence-corrected chi connectivity index (χ3v) is 19.1. The summed E-state index contributed by atoms with van der Waals surface area (Å²) in [6, 6.07) is 65.1. The van der Waals surface area contributed by atoms with E-state index in [0.29, 0.717) is 0 Å². The minimum atomic E-state index is -1.76. The van der Waals surface area contributed by atoms with Gasteiger partial charge in [-0.25, -0.2) is 0 Å². The summed E-state index contributed by atoms with van der Waals surface area (Å²) in [5.41, 5.74) is 20.7. The lowest BCUT2D eigenvalue weighted by atomic mass is 9.67. The quantitative estimate of drug-likeness (QED) is 0.111. The van der Waals surface area contributed by atoms with Crippen LogP contribution in [-0.4, -0.2) is 8.07 Å². The molecule has 8 aromatic rings. The Labute approximate surface area is 412 Å². The lowest BCUT2D eigenvalue weighted by Gasteiger charge is -2.34. The van der Waals surface area contributed by atoms with Gasteiger partial charge in [-0.2, -0.15) is 9.13 Å². The second kappa shape index (κ2) is 17.5. The zero-order valence-electron chi connectivity index (χ0n) is 41.1. The van der Waals surface area contributed by atoms with Crippen LogP contribution in [0.4, 0.5) is 0 Å². The molecule has 3 heterocycles. The van der Waals surface area contributed by atoms with Crippen molar-refractivity contribution in [1.82, 2.24) is 0 Å². The highest BCUT2D eigenvalue weighted by molar-refractivity contribution is 6.89. The first kappa shape index (κ1) is 43.8. The van der Waals surface area contributed by atoms with Gasteiger partial charge in [0.1, 0.15) is 0 Å². The fourth-order valence-corrected chi connectivity index (χ4v) is 15.4.